The van der Waals surface area contributed by atoms with Crippen LogP contribution < -0.4 is 5.32 Å². The summed E-state index contributed by atoms with van der Waals surface area (Å²) in [6.07, 6.45) is 6.70. The van der Waals surface area contributed by atoms with Gasteiger partial charge in [-0.2, -0.15) is 0 Å². The number of anilines is 1. The van der Waals surface area contributed by atoms with Crippen LogP contribution >= 0.6 is 0 Å². The third-order valence-electron chi connectivity index (χ3n) is 3.61. The van der Waals surface area contributed by atoms with E-state index in [-0.39, 0.29) is 6.61 Å². The molecule has 2 aromatic rings. The number of pyridine rings is 1. The Morgan fingerprint density at radius 3 is 3.06 bits per heavy atom. The molecule has 1 aliphatic carbocycles. The molecule has 1 fully saturated rings. The van der Waals surface area contributed by atoms with E-state index in [1.807, 2.05) is 12.1 Å². The fraction of sp³-hybridized carbons (Fsp3) is 0.462. The van der Waals surface area contributed by atoms with Crippen molar-refractivity contribution in [3.63, 3.8) is 0 Å². The molecule has 0 saturated heterocycles. The predicted octanol–water partition coefficient (Wildman–Crippen LogP) is 2.40. The predicted molar refractivity (Wildman–Crippen MR) is 65.9 cm³/mol. The lowest BCUT2D eigenvalue weighted by molar-refractivity contribution is 0.253. The Morgan fingerprint density at radius 1 is 1.41 bits per heavy atom. The molecule has 0 aromatic carbocycles. The van der Waals surface area contributed by atoms with E-state index in [1.165, 1.54) is 12.8 Å². The van der Waals surface area contributed by atoms with Crippen molar-refractivity contribution in [2.75, 3.05) is 18.5 Å². The van der Waals surface area contributed by atoms with Gasteiger partial charge in [-0.3, -0.25) is 0 Å². The Kier molecular flexibility index (Phi) is 2.52. The maximum atomic E-state index is 9.02. The van der Waals surface area contributed by atoms with Crippen molar-refractivity contribution in [1.29, 1.82) is 0 Å². The zero-order valence-corrected chi connectivity index (χ0v) is 9.65. The minimum Gasteiger partial charge on any atom is -0.464 e. The molecule has 0 bridgehead atoms. The van der Waals surface area contributed by atoms with Gasteiger partial charge in [-0.25, -0.2) is 4.98 Å². The molecule has 17 heavy (non-hydrogen) atoms. The lowest BCUT2D eigenvalue weighted by Crippen LogP contribution is -2.17. The van der Waals surface area contributed by atoms with Crippen molar-refractivity contribution in [3.05, 3.63) is 24.6 Å². The van der Waals surface area contributed by atoms with Crippen molar-refractivity contribution in [2.45, 2.75) is 19.3 Å². The van der Waals surface area contributed by atoms with E-state index in [9.17, 15) is 0 Å². The molecule has 2 aromatic heterocycles. The number of hydrogen-bond donors (Lipinski definition) is 2. The first-order valence-electron chi connectivity index (χ1n) is 6.00. The number of aromatic nitrogens is 1. The third kappa shape index (κ3) is 2.00. The minimum atomic E-state index is 0.269. The van der Waals surface area contributed by atoms with E-state index in [2.05, 4.69) is 10.3 Å². The van der Waals surface area contributed by atoms with Crippen molar-refractivity contribution >= 4 is 16.8 Å². The molecule has 90 valence electrons. The molecule has 0 spiro atoms. The summed E-state index contributed by atoms with van der Waals surface area (Å²) in [6, 6.07) is 3.79. The van der Waals surface area contributed by atoms with Gasteiger partial charge in [-0.05, 0) is 36.8 Å². The molecule has 0 atom stereocenters. The van der Waals surface area contributed by atoms with Gasteiger partial charge in [0, 0.05) is 19.3 Å². The number of fused-ring (bicyclic) bond motifs is 1. The molecule has 3 rings (SSSR count). The van der Waals surface area contributed by atoms with Crippen molar-refractivity contribution < 1.29 is 9.52 Å². The smallest absolute Gasteiger partial charge is 0.139 e. The summed E-state index contributed by atoms with van der Waals surface area (Å²) < 4.78 is 5.33. The average Bonchev–Trinajstić information content (AvgIpc) is 2.92. The Balaban J connectivity index is 1.75. The van der Waals surface area contributed by atoms with Crippen LogP contribution in [0.25, 0.3) is 11.0 Å². The number of furan rings is 1. The van der Waals surface area contributed by atoms with E-state index in [0.29, 0.717) is 5.41 Å². The largest absolute Gasteiger partial charge is 0.464 e. The molecule has 2 heterocycles. The summed E-state index contributed by atoms with van der Waals surface area (Å²) >= 11 is 0. The molecule has 4 heteroatoms. The standard InChI is InChI=1S/C13H16N2O2/c16-7-5-13(3-4-13)9-15-12-10-2-8-17-11(10)1-6-14-12/h1-2,6,8,16H,3-5,7,9H2,(H,14,15). The number of aliphatic hydroxyl groups is 1. The van der Waals surface area contributed by atoms with E-state index in [4.69, 9.17) is 9.52 Å². The molecule has 0 amide bonds. The van der Waals surface area contributed by atoms with E-state index in [0.717, 1.165) is 29.8 Å². The normalized spacial score (nSPS) is 17.2. The number of nitrogens with one attached hydrogen (secondary N) is 1. The summed E-state index contributed by atoms with van der Waals surface area (Å²) in [5, 5.41) is 13.4. The average molecular weight is 232 g/mol. The molecule has 0 unspecified atom stereocenters. The van der Waals surface area contributed by atoms with Crippen LogP contribution in [0.3, 0.4) is 0 Å². The highest BCUT2D eigenvalue weighted by Gasteiger charge is 2.41. The molecule has 4 nitrogen and oxygen atoms in total. The van der Waals surface area contributed by atoms with Gasteiger partial charge in [-0.15, -0.1) is 0 Å². The molecule has 0 radical (unpaired) electrons. The zero-order valence-electron chi connectivity index (χ0n) is 9.65. The quantitative estimate of drug-likeness (QED) is 0.831. The maximum absolute atomic E-state index is 9.02. The van der Waals surface area contributed by atoms with Gasteiger partial charge in [0.25, 0.3) is 0 Å². The summed E-state index contributed by atoms with van der Waals surface area (Å²) in [4.78, 5) is 4.34. The Morgan fingerprint density at radius 2 is 2.29 bits per heavy atom. The van der Waals surface area contributed by atoms with E-state index in [1.54, 1.807) is 12.5 Å². The summed E-state index contributed by atoms with van der Waals surface area (Å²) in [5.41, 5.74) is 1.15. The second-order valence-corrected chi connectivity index (χ2v) is 4.82. The molecular formula is C13H16N2O2. The first-order valence-corrected chi connectivity index (χ1v) is 6.00. The van der Waals surface area contributed by atoms with Gasteiger partial charge in [-0.1, -0.05) is 0 Å². The molecule has 2 N–H and O–H groups in total. The fourth-order valence-electron chi connectivity index (χ4n) is 2.24. The van der Waals surface area contributed by atoms with Crippen LogP contribution in [0.15, 0.2) is 29.0 Å². The van der Waals surface area contributed by atoms with Crippen LogP contribution in [0.1, 0.15) is 19.3 Å². The minimum absolute atomic E-state index is 0.269. The van der Waals surface area contributed by atoms with Crippen LogP contribution in [-0.2, 0) is 0 Å². The van der Waals surface area contributed by atoms with Crippen molar-refractivity contribution in [3.8, 4) is 0 Å². The molecule has 1 aliphatic rings. The Bertz CT molecular complexity index is 517. The highest BCUT2D eigenvalue weighted by molar-refractivity contribution is 5.87. The first kappa shape index (κ1) is 10.6. The van der Waals surface area contributed by atoms with Crippen molar-refractivity contribution in [2.24, 2.45) is 5.41 Å². The number of rotatable bonds is 5. The van der Waals surface area contributed by atoms with Gasteiger partial charge >= 0.3 is 0 Å². The first-order chi connectivity index (χ1) is 8.33. The van der Waals surface area contributed by atoms with Crippen LogP contribution in [0.5, 0.6) is 0 Å². The summed E-state index contributed by atoms with van der Waals surface area (Å²) in [7, 11) is 0. The lowest BCUT2D eigenvalue weighted by Gasteiger charge is -2.15. The molecular weight excluding hydrogens is 216 g/mol. The number of nitrogens with zero attached hydrogens (tertiary/aromatic N) is 1. The maximum Gasteiger partial charge on any atom is 0.139 e. The van der Waals surface area contributed by atoms with Gasteiger partial charge in [0.15, 0.2) is 0 Å². The highest BCUT2D eigenvalue weighted by Crippen LogP contribution is 2.48. The second-order valence-electron chi connectivity index (χ2n) is 4.82. The van der Waals surface area contributed by atoms with Gasteiger partial charge in [0.2, 0.25) is 0 Å². The Labute approximate surface area is 99.7 Å². The SMILES string of the molecule is OCCC1(CNc2nccc3occc23)CC1. The van der Waals surface area contributed by atoms with Crippen LogP contribution in [0, 0.1) is 5.41 Å². The van der Waals surface area contributed by atoms with Crippen LogP contribution in [0.2, 0.25) is 0 Å². The van der Waals surface area contributed by atoms with Gasteiger partial charge in [0.05, 0.1) is 11.6 Å². The number of aliphatic hydroxyl groups excluding tert-OH is 1. The zero-order chi connectivity index (χ0) is 11.7. The fourth-order valence-corrected chi connectivity index (χ4v) is 2.24. The van der Waals surface area contributed by atoms with E-state index < -0.39 is 0 Å². The number of hydrogen-bond acceptors (Lipinski definition) is 4. The van der Waals surface area contributed by atoms with Crippen molar-refractivity contribution in [1.82, 2.24) is 4.98 Å². The third-order valence-corrected chi connectivity index (χ3v) is 3.61. The highest BCUT2D eigenvalue weighted by atomic mass is 16.3. The molecule has 1 saturated carbocycles. The summed E-state index contributed by atoms with van der Waals surface area (Å²) in [6.45, 7) is 1.15. The van der Waals surface area contributed by atoms with Crippen LogP contribution in [0.4, 0.5) is 5.82 Å². The van der Waals surface area contributed by atoms with Gasteiger partial charge < -0.3 is 14.8 Å². The lowest BCUT2D eigenvalue weighted by atomic mass is 10.0. The second kappa shape index (κ2) is 4.04. The topological polar surface area (TPSA) is 58.3 Å². The van der Waals surface area contributed by atoms with Gasteiger partial charge in [0.1, 0.15) is 11.4 Å². The molecule has 0 aliphatic heterocycles. The Hall–Kier alpha value is -1.55. The van der Waals surface area contributed by atoms with E-state index >= 15 is 0 Å². The van der Waals surface area contributed by atoms with Crippen LogP contribution in [-0.4, -0.2) is 23.2 Å². The summed E-state index contributed by atoms with van der Waals surface area (Å²) in [5.74, 6) is 0.875. The monoisotopic (exact) mass is 232 g/mol.